The second-order valence-electron chi connectivity index (χ2n) is 4.60. The Hall–Kier alpha value is -2.07. The predicted octanol–water partition coefficient (Wildman–Crippen LogP) is 3.69. The van der Waals surface area contributed by atoms with Crippen LogP contribution in [-0.2, 0) is 0 Å². The molecule has 0 saturated carbocycles. The number of hydrogen-bond acceptors (Lipinski definition) is 2. The summed E-state index contributed by atoms with van der Waals surface area (Å²) in [6, 6.07) is 10.9. The standard InChI is InChI=1S/C15H14ClN3O/c1-2-19-14(13-5-3-4-8-17-13)11-9-10(16)6-7-12(11)18-15(19)20/h3-9,14H,2H2,1H3,(H,18,20). The van der Waals surface area contributed by atoms with Crippen LogP contribution < -0.4 is 5.32 Å². The van der Waals surface area contributed by atoms with Crippen molar-refractivity contribution in [3.05, 3.63) is 58.9 Å². The molecule has 0 bridgehead atoms. The number of urea groups is 1. The maximum atomic E-state index is 12.2. The molecule has 0 fully saturated rings. The fourth-order valence-electron chi connectivity index (χ4n) is 2.53. The number of nitrogens with zero attached hydrogens (tertiary/aromatic N) is 2. The van der Waals surface area contributed by atoms with Crippen LogP contribution in [0.2, 0.25) is 5.02 Å². The summed E-state index contributed by atoms with van der Waals surface area (Å²) >= 11 is 6.11. The zero-order chi connectivity index (χ0) is 14.1. The van der Waals surface area contributed by atoms with Crippen LogP contribution in [0.15, 0.2) is 42.6 Å². The number of carbonyl (C=O) groups excluding carboxylic acids is 1. The predicted molar refractivity (Wildman–Crippen MR) is 78.9 cm³/mol. The van der Waals surface area contributed by atoms with Gasteiger partial charge >= 0.3 is 6.03 Å². The van der Waals surface area contributed by atoms with Crippen molar-refractivity contribution in [2.45, 2.75) is 13.0 Å². The molecule has 4 nitrogen and oxygen atoms in total. The maximum absolute atomic E-state index is 12.2. The van der Waals surface area contributed by atoms with E-state index < -0.39 is 0 Å². The fraction of sp³-hybridized carbons (Fsp3) is 0.200. The maximum Gasteiger partial charge on any atom is 0.322 e. The smallest absolute Gasteiger partial charge is 0.312 e. The van der Waals surface area contributed by atoms with E-state index in [2.05, 4.69) is 10.3 Å². The van der Waals surface area contributed by atoms with Crippen molar-refractivity contribution in [1.82, 2.24) is 9.88 Å². The van der Waals surface area contributed by atoms with Gasteiger partial charge in [0.1, 0.15) is 6.04 Å². The number of nitrogens with one attached hydrogen (secondary N) is 1. The molecule has 1 aromatic heterocycles. The highest BCUT2D eigenvalue weighted by molar-refractivity contribution is 6.30. The molecule has 1 unspecified atom stereocenters. The minimum absolute atomic E-state index is 0.113. The Labute approximate surface area is 122 Å². The van der Waals surface area contributed by atoms with E-state index in [4.69, 9.17) is 11.6 Å². The summed E-state index contributed by atoms with van der Waals surface area (Å²) in [4.78, 5) is 18.4. The average Bonchev–Trinajstić information content (AvgIpc) is 2.47. The number of carbonyl (C=O) groups is 1. The van der Waals surface area contributed by atoms with E-state index in [1.54, 1.807) is 17.2 Å². The Bertz CT molecular complexity index is 645. The summed E-state index contributed by atoms with van der Waals surface area (Å²) in [5.74, 6) is 0. The van der Waals surface area contributed by atoms with Crippen molar-refractivity contribution in [1.29, 1.82) is 0 Å². The lowest BCUT2D eigenvalue weighted by molar-refractivity contribution is 0.197. The number of aromatic nitrogens is 1. The highest BCUT2D eigenvalue weighted by atomic mass is 35.5. The molecule has 1 atom stereocenters. The van der Waals surface area contributed by atoms with Gasteiger partial charge < -0.3 is 10.2 Å². The third-order valence-corrected chi connectivity index (χ3v) is 3.67. The first-order valence-corrected chi connectivity index (χ1v) is 6.86. The molecule has 0 aliphatic carbocycles. The average molecular weight is 288 g/mol. The Kier molecular flexibility index (Phi) is 3.32. The summed E-state index contributed by atoms with van der Waals surface area (Å²) in [6.45, 7) is 2.55. The molecule has 102 valence electrons. The van der Waals surface area contributed by atoms with E-state index in [0.717, 1.165) is 16.9 Å². The van der Waals surface area contributed by atoms with Gasteiger partial charge in [0.25, 0.3) is 0 Å². The molecule has 3 rings (SSSR count). The number of anilines is 1. The SMILES string of the molecule is CCN1C(=O)Nc2ccc(Cl)cc2C1c1ccccn1. The molecule has 2 heterocycles. The molecule has 5 heteroatoms. The largest absolute Gasteiger partial charge is 0.322 e. The van der Waals surface area contributed by atoms with Gasteiger partial charge in [-0.05, 0) is 37.3 Å². The lowest BCUT2D eigenvalue weighted by atomic mass is 9.97. The molecule has 0 saturated heterocycles. The number of benzene rings is 1. The molecule has 0 spiro atoms. The number of fused-ring (bicyclic) bond motifs is 1. The van der Waals surface area contributed by atoms with Gasteiger partial charge in [-0.2, -0.15) is 0 Å². The molecular formula is C15H14ClN3O. The summed E-state index contributed by atoms with van der Waals surface area (Å²) in [7, 11) is 0. The molecule has 1 aliphatic rings. The lowest BCUT2D eigenvalue weighted by Crippen LogP contribution is -2.42. The lowest BCUT2D eigenvalue weighted by Gasteiger charge is -2.36. The van der Waals surface area contributed by atoms with Gasteiger partial charge in [0.2, 0.25) is 0 Å². The Morgan fingerprint density at radius 3 is 2.90 bits per heavy atom. The minimum Gasteiger partial charge on any atom is -0.312 e. The first kappa shape index (κ1) is 12.9. The molecule has 0 radical (unpaired) electrons. The molecule has 2 aromatic rings. The molecular weight excluding hydrogens is 274 g/mol. The molecule has 1 N–H and O–H groups in total. The Morgan fingerprint density at radius 1 is 1.35 bits per heavy atom. The number of pyridine rings is 1. The van der Waals surface area contributed by atoms with Crippen LogP contribution >= 0.6 is 11.6 Å². The quantitative estimate of drug-likeness (QED) is 0.915. The van der Waals surface area contributed by atoms with Crippen LogP contribution in [0, 0.1) is 0 Å². The van der Waals surface area contributed by atoms with Crippen LogP contribution in [-0.4, -0.2) is 22.5 Å². The highest BCUT2D eigenvalue weighted by Gasteiger charge is 2.33. The van der Waals surface area contributed by atoms with Crippen LogP contribution in [0.3, 0.4) is 0 Å². The number of rotatable bonds is 2. The van der Waals surface area contributed by atoms with E-state index >= 15 is 0 Å². The van der Waals surface area contributed by atoms with Gasteiger partial charge in [0.15, 0.2) is 0 Å². The monoisotopic (exact) mass is 287 g/mol. The van der Waals surface area contributed by atoms with Crippen LogP contribution in [0.5, 0.6) is 0 Å². The Morgan fingerprint density at radius 2 is 2.20 bits per heavy atom. The normalized spacial score (nSPS) is 17.6. The molecule has 20 heavy (non-hydrogen) atoms. The van der Waals surface area contributed by atoms with Gasteiger partial charge in [0, 0.05) is 29.0 Å². The van der Waals surface area contributed by atoms with Gasteiger partial charge in [-0.1, -0.05) is 17.7 Å². The minimum atomic E-state index is -0.205. The van der Waals surface area contributed by atoms with Gasteiger partial charge in [0.05, 0.1) is 5.69 Å². The van der Waals surface area contributed by atoms with Crippen molar-refractivity contribution < 1.29 is 4.79 Å². The third-order valence-electron chi connectivity index (χ3n) is 3.43. The van der Waals surface area contributed by atoms with Gasteiger partial charge in [-0.25, -0.2) is 4.79 Å². The fourth-order valence-corrected chi connectivity index (χ4v) is 2.71. The van der Waals surface area contributed by atoms with Gasteiger partial charge in [-0.15, -0.1) is 0 Å². The van der Waals surface area contributed by atoms with E-state index in [-0.39, 0.29) is 12.1 Å². The number of hydrogen-bond donors (Lipinski definition) is 1. The van der Waals surface area contributed by atoms with Crippen molar-refractivity contribution in [3.8, 4) is 0 Å². The second-order valence-corrected chi connectivity index (χ2v) is 5.04. The summed E-state index contributed by atoms with van der Waals surface area (Å²) < 4.78 is 0. The number of halogens is 1. The van der Waals surface area contributed by atoms with Crippen molar-refractivity contribution in [2.75, 3.05) is 11.9 Å². The zero-order valence-electron chi connectivity index (χ0n) is 11.0. The molecule has 1 aromatic carbocycles. The zero-order valence-corrected chi connectivity index (χ0v) is 11.8. The molecule has 2 amide bonds. The van der Waals surface area contributed by atoms with Crippen LogP contribution in [0.4, 0.5) is 10.5 Å². The van der Waals surface area contributed by atoms with Crippen molar-refractivity contribution in [3.63, 3.8) is 0 Å². The van der Waals surface area contributed by atoms with Gasteiger partial charge in [-0.3, -0.25) is 4.98 Å². The van der Waals surface area contributed by atoms with E-state index in [9.17, 15) is 4.79 Å². The van der Waals surface area contributed by atoms with Crippen molar-refractivity contribution >= 4 is 23.3 Å². The van der Waals surface area contributed by atoms with Crippen LogP contribution in [0.25, 0.3) is 0 Å². The second kappa shape index (κ2) is 5.13. The highest BCUT2D eigenvalue weighted by Crippen LogP contribution is 2.37. The molecule has 1 aliphatic heterocycles. The first-order valence-electron chi connectivity index (χ1n) is 6.48. The first-order chi connectivity index (χ1) is 9.70. The Balaban J connectivity index is 2.18. The number of amides is 2. The van der Waals surface area contributed by atoms with Crippen molar-refractivity contribution in [2.24, 2.45) is 0 Å². The van der Waals surface area contributed by atoms with E-state index in [0.29, 0.717) is 11.6 Å². The third kappa shape index (κ3) is 2.12. The summed E-state index contributed by atoms with van der Waals surface area (Å²) in [5.41, 5.74) is 2.60. The van der Waals surface area contributed by atoms with E-state index in [1.165, 1.54) is 0 Å². The summed E-state index contributed by atoms with van der Waals surface area (Å²) in [6.07, 6.45) is 1.74. The topological polar surface area (TPSA) is 45.2 Å². The summed E-state index contributed by atoms with van der Waals surface area (Å²) in [5, 5.41) is 3.54. The van der Waals surface area contributed by atoms with E-state index in [1.807, 2.05) is 37.3 Å². The van der Waals surface area contributed by atoms with Crippen LogP contribution in [0.1, 0.15) is 24.2 Å².